The molecule has 0 fully saturated rings. The van der Waals surface area contributed by atoms with Gasteiger partial charge in [0, 0.05) is 24.1 Å². The van der Waals surface area contributed by atoms with Crippen LogP contribution in [0.4, 0.5) is 5.69 Å². The molecular formula is C10H10BrNOS. The lowest BCUT2D eigenvalue weighted by molar-refractivity contribution is -0.116. The van der Waals surface area contributed by atoms with Gasteiger partial charge in [0.05, 0.1) is 0 Å². The molecule has 0 spiro atoms. The lowest BCUT2D eigenvalue weighted by Crippen LogP contribution is -2.25. The van der Waals surface area contributed by atoms with E-state index in [0.717, 1.165) is 18.7 Å². The number of halogens is 1. The van der Waals surface area contributed by atoms with E-state index in [1.807, 2.05) is 17.0 Å². The summed E-state index contributed by atoms with van der Waals surface area (Å²) in [4.78, 5) is 14.3. The van der Waals surface area contributed by atoms with E-state index in [1.54, 1.807) is 17.1 Å². The van der Waals surface area contributed by atoms with Gasteiger partial charge in [-0.1, -0.05) is 0 Å². The van der Waals surface area contributed by atoms with Gasteiger partial charge in [-0.05, 0) is 55.2 Å². The summed E-state index contributed by atoms with van der Waals surface area (Å²) < 4.78 is 0. The van der Waals surface area contributed by atoms with E-state index in [4.69, 9.17) is 0 Å². The zero-order chi connectivity index (χ0) is 10.1. The first-order valence-electron chi connectivity index (χ1n) is 4.42. The second kappa shape index (κ2) is 3.95. The Balaban J connectivity index is 2.38. The Kier molecular flexibility index (Phi) is 2.83. The zero-order valence-electron chi connectivity index (χ0n) is 7.79. The van der Waals surface area contributed by atoms with Crippen molar-refractivity contribution in [2.75, 3.05) is 11.4 Å². The third-order valence-electron chi connectivity index (χ3n) is 2.42. The third-order valence-corrected chi connectivity index (χ3v) is 3.97. The first-order valence-corrected chi connectivity index (χ1v) is 7.08. The number of amides is 1. The summed E-state index contributed by atoms with van der Waals surface area (Å²) in [6.45, 7) is 2.43. The topological polar surface area (TPSA) is 20.3 Å². The average molecular weight is 272 g/mol. The molecule has 1 amide bonds. The van der Waals surface area contributed by atoms with Crippen LogP contribution in [0.25, 0.3) is 0 Å². The van der Waals surface area contributed by atoms with Crippen molar-refractivity contribution in [3.05, 3.63) is 23.8 Å². The smallest absolute Gasteiger partial charge is 0.223 e. The molecule has 1 aromatic carbocycles. The van der Waals surface area contributed by atoms with Crippen molar-refractivity contribution in [2.45, 2.75) is 18.2 Å². The minimum absolute atomic E-state index is 0.128. The number of fused-ring (bicyclic) bond motifs is 1. The molecule has 0 radical (unpaired) electrons. The van der Waals surface area contributed by atoms with Gasteiger partial charge in [-0.3, -0.25) is 4.79 Å². The zero-order valence-corrected chi connectivity index (χ0v) is 10.2. The van der Waals surface area contributed by atoms with E-state index < -0.39 is 0 Å². The maximum Gasteiger partial charge on any atom is 0.223 e. The van der Waals surface area contributed by atoms with Crippen LogP contribution in [0, 0.1) is 0 Å². The van der Waals surface area contributed by atoms with Crippen molar-refractivity contribution < 1.29 is 4.79 Å². The van der Waals surface area contributed by atoms with Crippen molar-refractivity contribution >= 4 is 36.6 Å². The first-order chi connectivity index (χ1) is 6.72. The summed E-state index contributed by atoms with van der Waals surface area (Å²) in [6, 6.07) is 6.19. The van der Waals surface area contributed by atoms with Crippen LogP contribution < -0.4 is 4.90 Å². The van der Waals surface area contributed by atoms with E-state index in [1.165, 1.54) is 10.5 Å². The second-order valence-electron chi connectivity index (χ2n) is 3.29. The summed E-state index contributed by atoms with van der Waals surface area (Å²) in [5.41, 5.74) is 2.34. The third kappa shape index (κ3) is 1.68. The van der Waals surface area contributed by atoms with Crippen LogP contribution in [-0.2, 0) is 11.2 Å². The number of rotatable bonds is 1. The molecule has 0 saturated heterocycles. The lowest BCUT2D eigenvalue weighted by Gasteiger charge is -2.14. The summed E-state index contributed by atoms with van der Waals surface area (Å²) in [6.07, 6.45) is 0.969. The number of benzene rings is 1. The monoisotopic (exact) mass is 271 g/mol. The maximum absolute atomic E-state index is 11.3. The summed E-state index contributed by atoms with van der Waals surface area (Å²) in [5, 5.41) is 0. The highest BCUT2D eigenvalue weighted by atomic mass is 79.9. The maximum atomic E-state index is 11.3. The average Bonchev–Trinajstić information content (AvgIpc) is 2.59. The molecule has 0 bridgehead atoms. The molecule has 1 aliphatic rings. The Morgan fingerprint density at radius 3 is 3.00 bits per heavy atom. The second-order valence-corrected chi connectivity index (χ2v) is 4.89. The highest BCUT2D eigenvalue weighted by Gasteiger charge is 2.21. The Morgan fingerprint density at radius 2 is 2.36 bits per heavy atom. The highest BCUT2D eigenvalue weighted by molar-refractivity contribution is 9.50. The van der Waals surface area contributed by atoms with Gasteiger partial charge in [0.25, 0.3) is 0 Å². The van der Waals surface area contributed by atoms with E-state index in [9.17, 15) is 4.79 Å². The van der Waals surface area contributed by atoms with Gasteiger partial charge in [-0.15, -0.1) is 0 Å². The molecule has 1 heterocycles. The number of carbonyl (C=O) groups excluding carboxylic acids is 1. The predicted octanol–water partition coefficient (Wildman–Crippen LogP) is 3.00. The Bertz CT molecular complexity index is 380. The Hall–Kier alpha value is -0.480. The van der Waals surface area contributed by atoms with Crippen LogP contribution in [0.15, 0.2) is 23.1 Å². The van der Waals surface area contributed by atoms with Gasteiger partial charge in [-0.25, -0.2) is 0 Å². The van der Waals surface area contributed by atoms with Crippen LogP contribution in [0.1, 0.15) is 12.5 Å². The molecular weight excluding hydrogens is 262 g/mol. The fourth-order valence-corrected chi connectivity index (χ4v) is 2.66. The van der Waals surface area contributed by atoms with Gasteiger partial charge in [-0.2, -0.15) is 0 Å². The lowest BCUT2D eigenvalue weighted by atomic mass is 10.2. The molecule has 4 heteroatoms. The Labute approximate surface area is 94.9 Å². The SMILES string of the molecule is CC(=O)N1CCc2cc(SBr)ccc21. The fraction of sp³-hybridized carbons (Fsp3) is 0.300. The summed E-state index contributed by atoms with van der Waals surface area (Å²) in [5.74, 6) is 0.128. The minimum Gasteiger partial charge on any atom is -0.312 e. The molecule has 0 aliphatic carbocycles. The molecule has 2 rings (SSSR count). The molecule has 1 aliphatic heterocycles. The predicted molar refractivity (Wildman–Crippen MR) is 63.0 cm³/mol. The van der Waals surface area contributed by atoms with Crippen molar-refractivity contribution in [3.63, 3.8) is 0 Å². The Morgan fingerprint density at radius 1 is 1.57 bits per heavy atom. The molecule has 2 nitrogen and oxygen atoms in total. The van der Waals surface area contributed by atoms with Gasteiger partial charge >= 0.3 is 0 Å². The first kappa shape index (κ1) is 10.1. The molecule has 14 heavy (non-hydrogen) atoms. The molecule has 0 saturated carbocycles. The molecule has 0 atom stereocenters. The van der Waals surface area contributed by atoms with Crippen molar-refractivity contribution in [2.24, 2.45) is 0 Å². The number of anilines is 1. The summed E-state index contributed by atoms with van der Waals surface area (Å²) >= 11 is 3.35. The van der Waals surface area contributed by atoms with Crippen LogP contribution in [0.5, 0.6) is 0 Å². The van der Waals surface area contributed by atoms with E-state index in [2.05, 4.69) is 20.9 Å². The van der Waals surface area contributed by atoms with Crippen molar-refractivity contribution in [1.82, 2.24) is 0 Å². The van der Waals surface area contributed by atoms with E-state index in [0.29, 0.717) is 0 Å². The number of hydrogen-bond donors (Lipinski definition) is 0. The molecule has 0 unspecified atom stereocenters. The molecule has 0 aromatic heterocycles. The molecule has 1 aromatic rings. The van der Waals surface area contributed by atoms with Crippen LogP contribution in [0.3, 0.4) is 0 Å². The molecule has 0 N–H and O–H groups in total. The highest BCUT2D eigenvalue weighted by Crippen LogP contribution is 2.33. The number of nitrogens with zero attached hydrogens (tertiary/aromatic N) is 1. The number of carbonyl (C=O) groups is 1. The largest absolute Gasteiger partial charge is 0.312 e. The minimum atomic E-state index is 0.128. The van der Waals surface area contributed by atoms with Gasteiger partial charge in [0.15, 0.2) is 0 Å². The standard InChI is InChI=1S/C10H10BrNOS/c1-7(13)12-5-4-8-6-9(14-11)2-3-10(8)12/h2-3,6H,4-5H2,1H3. The molecule has 74 valence electrons. The normalized spacial score (nSPS) is 14.3. The van der Waals surface area contributed by atoms with Crippen LogP contribution in [0.2, 0.25) is 0 Å². The number of hydrogen-bond acceptors (Lipinski definition) is 2. The van der Waals surface area contributed by atoms with E-state index in [-0.39, 0.29) is 5.91 Å². The van der Waals surface area contributed by atoms with E-state index >= 15 is 0 Å². The van der Waals surface area contributed by atoms with Crippen LogP contribution >= 0.6 is 25.0 Å². The van der Waals surface area contributed by atoms with Crippen LogP contribution in [-0.4, -0.2) is 12.5 Å². The van der Waals surface area contributed by atoms with Gasteiger partial charge < -0.3 is 4.90 Å². The summed E-state index contributed by atoms with van der Waals surface area (Å²) in [7, 11) is 1.55. The van der Waals surface area contributed by atoms with Crippen molar-refractivity contribution in [1.29, 1.82) is 0 Å². The van der Waals surface area contributed by atoms with Crippen molar-refractivity contribution in [3.8, 4) is 0 Å². The quantitative estimate of drug-likeness (QED) is 0.783. The van der Waals surface area contributed by atoms with Gasteiger partial charge in [0.1, 0.15) is 0 Å². The van der Waals surface area contributed by atoms with Gasteiger partial charge in [0.2, 0.25) is 5.91 Å². The fourth-order valence-electron chi connectivity index (χ4n) is 1.75.